The van der Waals surface area contributed by atoms with Crippen molar-refractivity contribution in [2.75, 3.05) is 21.1 Å². The molecule has 1 atom stereocenters. The Morgan fingerprint density at radius 2 is 2.00 bits per heavy atom. The number of halogens is 1. The molecule has 2 N–H and O–H groups in total. The van der Waals surface area contributed by atoms with E-state index in [1.807, 2.05) is 13.0 Å². The van der Waals surface area contributed by atoms with E-state index >= 15 is 0 Å². The highest BCUT2D eigenvalue weighted by molar-refractivity contribution is 7.91. The number of guanidine groups is 1. The van der Waals surface area contributed by atoms with Crippen molar-refractivity contribution >= 4 is 27.3 Å². The summed E-state index contributed by atoms with van der Waals surface area (Å²) in [5, 5.41) is 6.36. The summed E-state index contributed by atoms with van der Waals surface area (Å²) in [5.41, 5.74) is 1.42. The standard InChI is InChI=1S/C18H25FN4O2S2/c1-12-6-7-14(10-16(12)19)13(2)22-18(20-3)21-11-15-8-9-17(26-15)27(24,25)23(4)5/h6-10,13H,11H2,1-5H3,(H2,20,21,22). The molecule has 148 valence electrons. The minimum Gasteiger partial charge on any atom is -0.352 e. The number of hydrogen-bond acceptors (Lipinski definition) is 4. The summed E-state index contributed by atoms with van der Waals surface area (Å²) < 4.78 is 39.5. The quantitative estimate of drug-likeness (QED) is 0.565. The fraction of sp³-hybridized carbons (Fsp3) is 0.389. The van der Waals surface area contributed by atoms with E-state index in [0.717, 1.165) is 10.4 Å². The van der Waals surface area contributed by atoms with Gasteiger partial charge >= 0.3 is 0 Å². The molecule has 27 heavy (non-hydrogen) atoms. The third kappa shape index (κ3) is 5.27. The van der Waals surface area contributed by atoms with Gasteiger partial charge in [0.05, 0.1) is 12.6 Å². The smallest absolute Gasteiger partial charge is 0.252 e. The van der Waals surface area contributed by atoms with Crippen molar-refractivity contribution in [1.29, 1.82) is 0 Å². The zero-order chi connectivity index (χ0) is 20.2. The topological polar surface area (TPSA) is 73.8 Å². The monoisotopic (exact) mass is 412 g/mol. The van der Waals surface area contributed by atoms with Crippen LogP contribution in [0.1, 0.15) is 29.0 Å². The van der Waals surface area contributed by atoms with Crippen molar-refractivity contribution in [1.82, 2.24) is 14.9 Å². The molecule has 9 heteroatoms. The predicted octanol–water partition coefficient (Wildman–Crippen LogP) is 2.87. The normalized spacial score (nSPS) is 13.7. The van der Waals surface area contributed by atoms with Gasteiger partial charge in [0.1, 0.15) is 10.0 Å². The molecule has 0 aliphatic heterocycles. The molecule has 1 unspecified atom stereocenters. The summed E-state index contributed by atoms with van der Waals surface area (Å²) in [6, 6.07) is 8.38. The van der Waals surface area contributed by atoms with E-state index in [1.54, 1.807) is 32.2 Å². The van der Waals surface area contributed by atoms with Crippen LogP contribution in [0, 0.1) is 12.7 Å². The zero-order valence-corrected chi connectivity index (χ0v) is 17.7. The summed E-state index contributed by atoms with van der Waals surface area (Å²) in [6.45, 7) is 4.08. The molecule has 0 radical (unpaired) electrons. The maximum absolute atomic E-state index is 13.8. The van der Waals surface area contributed by atoms with Crippen LogP contribution in [0.3, 0.4) is 0 Å². The number of rotatable bonds is 6. The van der Waals surface area contributed by atoms with Gasteiger partial charge in [0.25, 0.3) is 10.0 Å². The SMILES string of the molecule is CN=C(NCc1ccc(S(=O)(=O)N(C)C)s1)NC(C)c1ccc(C)c(F)c1. The van der Waals surface area contributed by atoms with Crippen LogP contribution in [0.25, 0.3) is 0 Å². The third-order valence-electron chi connectivity index (χ3n) is 4.07. The number of nitrogens with one attached hydrogen (secondary N) is 2. The molecule has 1 heterocycles. The zero-order valence-electron chi connectivity index (χ0n) is 16.1. The van der Waals surface area contributed by atoms with Crippen molar-refractivity contribution < 1.29 is 12.8 Å². The Morgan fingerprint density at radius 3 is 2.59 bits per heavy atom. The number of aryl methyl sites for hydroxylation is 1. The van der Waals surface area contributed by atoms with Gasteiger partial charge in [0, 0.05) is 26.0 Å². The number of nitrogens with zero attached hydrogens (tertiary/aromatic N) is 2. The average Bonchev–Trinajstić information content (AvgIpc) is 3.10. The number of benzene rings is 1. The van der Waals surface area contributed by atoms with Gasteiger partial charge in [0.15, 0.2) is 5.96 Å². The molecule has 0 spiro atoms. The number of hydrogen-bond donors (Lipinski definition) is 2. The molecule has 1 aromatic heterocycles. The van der Waals surface area contributed by atoms with Crippen molar-refractivity contribution in [3.05, 3.63) is 52.2 Å². The molecule has 0 saturated carbocycles. The summed E-state index contributed by atoms with van der Waals surface area (Å²) in [5.74, 6) is 0.311. The van der Waals surface area contributed by atoms with Crippen LogP contribution in [-0.2, 0) is 16.6 Å². The van der Waals surface area contributed by atoms with E-state index in [-0.39, 0.29) is 11.9 Å². The third-order valence-corrected chi connectivity index (χ3v) is 7.44. The molecule has 0 saturated heterocycles. The second-order valence-corrected chi connectivity index (χ2v) is 9.86. The van der Waals surface area contributed by atoms with Gasteiger partial charge in [-0.05, 0) is 43.2 Å². The average molecular weight is 413 g/mol. The Morgan fingerprint density at radius 1 is 1.30 bits per heavy atom. The van der Waals surface area contributed by atoms with Gasteiger partial charge in [-0.25, -0.2) is 17.1 Å². The maximum atomic E-state index is 13.8. The van der Waals surface area contributed by atoms with Crippen LogP contribution in [0.5, 0.6) is 0 Å². The first-order chi connectivity index (χ1) is 12.6. The number of thiophene rings is 1. The number of aliphatic imine (C=N–C) groups is 1. The molecule has 0 fully saturated rings. The van der Waals surface area contributed by atoms with E-state index in [0.29, 0.717) is 22.3 Å². The fourth-order valence-electron chi connectivity index (χ4n) is 2.30. The van der Waals surface area contributed by atoms with E-state index in [1.165, 1.54) is 35.8 Å². The van der Waals surface area contributed by atoms with E-state index in [2.05, 4.69) is 15.6 Å². The lowest BCUT2D eigenvalue weighted by Crippen LogP contribution is -2.38. The fourth-order valence-corrected chi connectivity index (χ4v) is 4.77. The van der Waals surface area contributed by atoms with Crippen LogP contribution in [0.4, 0.5) is 4.39 Å². The minimum absolute atomic E-state index is 0.140. The van der Waals surface area contributed by atoms with Crippen molar-refractivity contribution in [2.24, 2.45) is 4.99 Å². The van der Waals surface area contributed by atoms with Crippen LogP contribution in [0.2, 0.25) is 0 Å². The first kappa shape index (κ1) is 21.3. The van der Waals surface area contributed by atoms with Crippen LogP contribution in [-0.4, -0.2) is 39.8 Å². The van der Waals surface area contributed by atoms with E-state index in [9.17, 15) is 12.8 Å². The van der Waals surface area contributed by atoms with Crippen LogP contribution >= 0.6 is 11.3 Å². The molecule has 1 aromatic carbocycles. The lowest BCUT2D eigenvalue weighted by Gasteiger charge is -2.18. The van der Waals surface area contributed by atoms with Gasteiger partial charge < -0.3 is 10.6 Å². The second kappa shape index (κ2) is 8.81. The summed E-state index contributed by atoms with van der Waals surface area (Å²) in [4.78, 5) is 5.04. The van der Waals surface area contributed by atoms with Crippen molar-refractivity contribution in [3.8, 4) is 0 Å². The molecule has 2 aromatic rings. The molecule has 2 rings (SSSR count). The van der Waals surface area contributed by atoms with Gasteiger partial charge in [-0.1, -0.05) is 12.1 Å². The molecule has 0 aliphatic carbocycles. The summed E-state index contributed by atoms with van der Waals surface area (Å²) >= 11 is 1.21. The van der Waals surface area contributed by atoms with Gasteiger partial charge in [-0.3, -0.25) is 4.99 Å². The van der Waals surface area contributed by atoms with Crippen LogP contribution in [0.15, 0.2) is 39.5 Å². The maximum Gasteiger partial charge on any atom is 0.252 e. The van der Waals surface area contributed by atoms with Gasteiger partial charge in [-0.15, -0.1) is 11.3 Å². The largest absolute Gasteiger partial charge is 0.352 e. The Kier molecular flexibility index (Phi) is 6.96. The first-order valence-electron chi connectivity index (χ1n) is 8.39. The Balaban J connectivity index is 2.00. The summed E-state index contributed by atoms with van der Waals surface area (Å²) in [7, 11) is 1.24. The minimum atomic E-state index is -3.42. The lowest BCUT2D eigenvalue weighted by atomic mass is 10.1. The van der Waals surface area contributed by atoms with Gasteiger partial charge in [-0.2, -0.15) is 0 Å². The molecular weight excluding hydrogens is 387 g/mol. The van der Waals surface area contributed by atoms with E-state index in [4.69, 9.17) is 0 Å². The molecular formula is C18H25FN4O2S2. The van der Waals surface area contributed by atoms with Crippen molar-refractivity contribution in [2.45, 2.75) is 30.6 Å². The lowest BCUT2D eigenvalue weighted by molar-refractivity contribution is 0.523. The van der Waals surface area contributed by atoms with Crippen LogP contribution < -0.4 is 10.6 Å². The molecule has 6 nitrogen and oxygen atoms in total. The molecule has 0 amide bonds. The predicted molar refractivity (Wildman–Crippen MR) is 108 cm³/mol. The van der Waals surface area contributed by atoms with Gasteiger partial charge in [0.2, 0.25) is 0 Å². The highest BCUT2D eigenvalue weighted by Crippen LogP contribution is 2.23. The molecule has 0 aliphatic rings. The Bertz CT molecular complexity index is 923. The second-order valence-electron chi connectivity index (χ2n) is 6.31. The van der Waals surface area contributed by atoms with Crippen molar-refractivity contribution in [3.63, 3.8) is 0 Å². The highest BCUT2D eigenvalue weighted by Gasteiger charge is 2.19. The number of sulfonamides is 1. The molecule has 0 bridgehead atoms. The highest BCUT2D eigenvalue weighted by atomic mass is 32.2. The summed E-state index contributed by atoms with van der Waals surface area (Å²) in [6.07, 6.45) is 0. The Labute approximate surface area is 164 Å². The van der Waals surface area contributed by atoms with E-state index < -0.39 is 10.0 Å². The Hall–Kier alpha value is -1.97. The first-order valence-corrected chi connectivity index (χ1v) is 10.6.